The van der Waals surface area contributed by atoms with Crippen molar-refractivity contribution in [1.82, 2.24) is 15.0 Å². The summed E-state index contributed by atoms with van der Waals surface area (Å²) >= 11 is 0. The minimum Gasteiger partial charge on any atom is -0.367 e. The number of carbonyl (C=O) groups is 1. The van der Waals surface area contributed by atoms with Crippen LogP contribution in [0.3, 0.4) is 0 Å². The van der Waals surface area contributed by atoms with Gasteiger partial charge in [-0.2, -0.15) is 4.98 Å². The Morgan fingerprint density at radius 2 is 2.30 bits per heavy atom. The largest absolute Gasteiger partial charge is 0.367 e. The highest BCUT2D eigenvalue weighted by Crippen LogP contribution is 2.20. The van der Waals surface area contributed by atoms with E-state index in [9.17, 15) is 4.79 Å². The van der Waals surface area contributed by atoms with Gasteiger partial charge >= 0.3 is 0 Å². The molecular formula is C14H23N3O3. The number of ketones is 1. The fourth-order valence-corrected chi connectivity index (χ4v) is 2.20. The summed E-state index contributed by atoms with van der Waals surface area (Å²) in [7, 11) is 0. The minimum absolute atomic E-state index is 0.0173. The molecule has 1 atom stereocenters. The monoisotopic (exact) mass is 281 g/mol. The zero-order valence-electron chi connectivity index (χ0n) is 12.5. The van der Waals surface area contributed by atoms with Gasteiger partial charge in [0, 0.05) is 19.0 Å². The van der Waals surface area contributed by atoms with Crippen LogP contribution in [0, 0.1) is 5.92 Å². The molecule has 0 N–H and O–H groups in total. The topological polar surface area (TPSA) is 68.5 Å². The number of aromatic nitrogens is 2. The molecular weight excluding hydrogens is 258 g/mol. The number of morpholine rings is 1. The Morgan fingerprint density at radius 1 is 1.50 bits per heavy atom. The predicted molar refractivity (Wildman–Crippen MR) is 73.3 cm³/mol. The lowest BCUT2D eigenvalue weighted by molar-refractivity contribution is -0.121. The molecule has 2 rings (SSSR count). The predicted octanol–water partition coefficient (Wildman–Crippen LogP) is 1.62. The van der Waals surface area contributed by atoms with Gasteiger partial charge in [-0.1, -0.05) is 25.9 Å². The fourth-order valence-electron chi connectivity index (χ4n) is 2.20. The molecule has 0 aliphatic carbocycles. The number of rotatable bonds is 6. The van der Waals surface area contributed by atoms with Crippen molar-refractivity contribution in [2.45, 2.75) is 39.7 Å². The zero-order valence-corrected chi connectivity index (χ0v) is 12.5. The van der Waals surface area contributed by atoms with Gasteiger partial charge in [0.2, 0.25) is 11.7 Å². The summed E-state index contributed by atoms with van der Waals surface area (Å²) in [4.78, 5) is 18.3. The van der Waals surface area contributed by atoms with Crippen LogP contribution in [-0.4, -0.2) is 47.1 Å². The van der Waals surface area contributed by atoms with Crippen molar-refractivity contribution >= 4 is 5.78 Å². The number of hydrogen-bond donors (Lipinski definition) is 0. The van der Waals surface area contributed by atoms with Crippen LogP contribution in [0.4, 0.5) is 0 Å². The van der Waals surface area contributed by atoms with Crippen LogP contribution in [0.5, 0.6) is 0 Å². The second-order valence-corrected chi connectivity index (χ2v) is 5.50. The van der Waals surface area contributed by atoms with Crippen molar-refractivity contribution in [3.63, 3.8) is 0 Å². The summed E-state index contributed by atoms with van der Waals surface area (Å²) in [5.74, 6) is 1.03. The zero-order chi connectivity index (χ0) is 14.5. The fraction of sp³-hybridized carbons (Fsp3) is 0.786. The molecule has 20 heavy (non-hydrogen) atoms. The van der Waals surface area contributed by atoms with Gasteiger partial charge in [-0.15, -0.1) is 0 Å². The van der Waals surface area contributed by atoms with Crippen molar-refractivity contribution < 1.29 is 14.1 Å². The van der Waals surface area contributed by atoms with Crippen molar-refractivity contribution in [3.8, 4) is 0 Å². The Balaban J connectivity index is 1.96. The van der Waals surface area contributed by atoms with Gasteiger partial charge in [-0.05, 0) is 13.0 Å². The first-order valence-electron chi connectivity index (χ1n) is 7.29. The standard InChI is InChI=1S/C14H23N3O3/c1-4-5-17-6-7-19-12(9-17)14-15-13(20-16-14)8-11(18)10(2)3/h10,12H,4-9H2,1-3H3. The second kappa shape index (κ2) is 6.95. The van der Waals surface area contributed by atoms with Crippen LogP contribution >= 0.6 is 0 Å². The maximum Gasteiger partial charge on any atom is 0.234 e. The van der Waals surface area contributed by atoms with Crippen LogP contribution in [0.1, 0.15) is 45.0 Å². The summed E-state index contributed by atoms with van der Waals surface area (Å²) in [6.45, 7) is 9.36. The van der Waals surface area contributed by atoms with Gasteiger partial charge in [0.05, 0.1) is 13.0 Å². The first-order valence-corrected chi connectivity index (χ1v) is 7.29. The molecule has 0 aromatic carbocycles. The number of Topliss-reactive ketones (excluding diaryl/α,β-unsaturated/α-hetero) is 1. The molecule has 1 aliphatic heterocycles. The van der Waals surface area contributed by atoms with Crippen molar-refractivity contribution in [1.29, 1.82) is 0 Å². The van der Waals surface area contributed by atoms with Crippen LogP contribution in [0.25, 0.3) is 0 Å². The van der Waals surface area contributed by atoms with Crippen LogP contribution in [0.15, 0.2) is 4.52 Å². The van der Waals surface area contributed by atoms with E-state index in [1.165, 1.54) is 0 Å². The van der Waals surface area contributed by atoms with Crippen molar-refractivity contribution in [2.75, 3.05) is 26.2 Å². The third-order valence-corrected chi connectivity index (χ3v) is 3.43. The van der Waals surface area contributed by atoms with Gasteiger partial charge in [0.25, 0.3) is 0 Å². The number of nitrogens with zero attached hydrogens (tertiary/aromatic N) is 3. The van der Waals surface area contributed by atoms with E-state index in [1.807, 2.05) is 13.8 Å². The van der Waals surface area contributed by atoms with E-state index in [1.54, 1.807) is 0 Å². The smallest absolute Gasteiger partial charge is 0.234 e. The summed E-state index contributed by atoms with van der Waals surface area (Å²) in [6.07, 6.45) is 1.17. The molecule has 1 aromatic rings. The van der Waals surface area contributed by atoms with Gasteiger partial charge in [0.15, 0.2) is 0 Å². The number of hydrogen-bond acceptors (Lipinski definition) is 6. The number of ether oxygens (including phenoxy) is 1. The molecule has 0 bridgehead atoms. The molecule has 1 saturated heterocycles. The lowest BCUT2D eigenvalue weighted by atomic mass is 10.1. The van der Waals surface area contributed by atoms with Crippen LogP contribution < -0.4 is 0 Å². The van der Waals surface area contributed by atoms with E-state index in [-0.39, 0.29) is 24.2 Å². The van der Waals surface area contributed by atoms with Gasteiger partial charge in [-0.3, -0.25) is 9.69 Å². The summed E-state index contributed by atoms with van der Waals surface area (Å²) < 4.78 is 10.8. The summed E-state index contributed by atoms with van der Waals surface area (Å²) in [6, 6.07) is 0. The normalized spacial score (nSPS) is 20.5. The molecule has 6 nitrogen and oxygen atoms in total. The minimum atomic E-state index is -0.151. The Morgan fingerprint density at radius 3 is 3.00 bits per heavy atom. The molecule has 0 saturated carbocycles. The third-order valence-electron chi connectivity index (χ3n) is 3.43. The Hall–Kier alpha value is -1.27. The molecule has 112 valence electrons. The molecule has 1 aliphatic rings. The molecule has 0 spiro atoms. The average molecular weight is 281 g/mol. The van der Waals surface area contributed by atoms with E-state index in [2.05, 4.69) is 22.0 Å². The molecule has 1 fully saturated rings. The van der Waals surface area contributed by atoms with E-state index < -0.39 is 0 Å². The van der Waals surface area contributed by atoms with Crippen molar-refractivity contribution in [3.05, 3.63) is 11.7 Å². The highest BCUT2D eigenvalue weighted by Gasteiger charge is 2.26. The maximum absolute atomic E-state index is 11.7. The van der Waals surface area contributed by atoms with Crippen LogP contribution in [0.2, 0.25) is 0 Å². The van der Waals surface area contributed by atoms with Crippen molar-refractivity contribution in [2.24, 2.45) is 5.92 Å². The highest BCUT2D eigenvalue weighted by molar-refractivity contribution is 5.81. The van der Waals surface area contributed by atoms with Gasteiger partial charge in [-0.25, -0.2) is 0 Å². The highest BCUT2D eigenvalue weighted by atomic mass is 16.5. The van der Waals surface area contributed by atoms with Gasteiger partial charge in [0.1, 0.15) is 11.9 Å². The third kappa shape index (κ3) is 3.86. The van der Waals surface area contributed by atoms with E-state index in [0.717, 1.165) is 26.1 Å². The van der Waals surface area contributed by atoms with E-state index in [4.69, 9.17) is 9.26 Å². The summed E-state index contributed by atoms with van der Waals surface area (Å²) in [5, 5.41) is 3.96. The van der Waals surface area contributed by atoms with Gasteiger partial charge < -0.3 is 9.26 Å². The summed E-state index contributed by atoms with van der Waals surface area (Å²) in [5.41, 5.74) is 0. The molecule has 1 aromatic heterocycles. The molecule has 2 heterocycles. The lowest BCUT2D eigenvalue weighted by Crippen LogP contribution is -2.39. The first kappa shape index (κ1) is 15.1. The Labute approximate surface area is 119 Å². The van der Waals surface area contributed by atoms with E-state index in [0.29, 0.717) is 18.3 Å². The quantitative estimate of drug-likeness (QED) is 0.789. The first-order chi connectivity index (χ1) is 9.60. The van der Waals surface area contributed by atoms with Crippen LogP contribution in [-0.2, 0) is 16.0 Å². The average Bonchev–Trinajstić information content (AvgIpc) is 2.88. The molecule has 0 amide bonds. The number of carbonyl (C=O) groups excluding carboxylic acids is 1. The Bertz CT molecular complexity index is 443. The molecule has 1 unspecified atom stereocenters. The molecule has 6 heteroatoms. The Kier molecular flexibility index (Phi) is 5.25. The maximum atomic E-state index is 11.7. The lowest BCUT2D eigenvalue weighted by Gasteiger charge is -2.30. The SMILES string of the molecule is CCCN1CCOC(c2noc(CC(=O)C(C)C)n2)C1. The second-order valence-electron chi connectivity index (χ2n) is 5.50. The molecule has 0 radical (unpaired) electrons. The van der Waals surface area contributed by atoms with E-state index >= 15 is 0 Å².